The predicted octanol–water partition coefficient (Wildman–Crippen LogP) is 2.64. The maximum atomic E-state index is 13.7. The molecular weight excluding hydrogens is 347 g/mol. The molecule has 0 spiro atoms. The van der Waals surface area contributed by atoms with Gasteiger partial charge in [-0.3, -0.25) is 14.2 Å². The molecule has 7 heteroatoms. The van der Waals surface area contributed by atoms with Crippen molar-refractivity contribution >= 4 is 16.9 Å². The molecule has 0 atom stereocenters. The van der Waals surface area contributed by atoms with E-state index in [1.54, 1.807) is 28.4 Å². The summed E-state index contributed by atoms with van der Waals surface area (Å²) in [5.41, 5.74) is 3.27. The van der Waals surface area contributed by atoms with E-state index in [4.69, 9.17) is 0 Å². The van der Waals surface area contributed by atoms with Crippen molar-refractivity contribution in [2.45, 2.75) is 40.2 Å². The van der Waals surface area contributed by atoms with Crippen LogP contribution in [0.15, 0.2) is 29.1 Å². The highest BCUT2D eigenvalue weighted by Crippen LogP contribution is 2.26. The van der Waals surface area contributed by atoms with Crippen LogP contribution in [-0.4, -0.2) is 27.3 Å². The lowest BCUT2D eigenvalue weighted by molar-refractivity contribution is -0.120. The lowest BCUT2D eigenvalue weighted by Crippen LogP contribution is -2.27. The number of aromatic nitrogens is 3. The highest BCUT2D eigenvalue weighted by Gasteiger charge is 2.21. The molecule has 27 heavy (non-hydrogen) atoms. The molecule has 0 saturated carbocycles. The minimum Gasteiger partial charge on any atom is -0.359 e. The summed E-state index contributed by atoms with van der Waals surface area (Å²) < 4.78 is 17.0. The van der Waals surface area contributed by atoms with Gasteiger partial charge in [0.15, 0.2) is 0 Å². The van der Waals surface area contributed by atoms with Crippen molar-refractivity contribution in [1.29, 1.82) is 0 Å². The molecule has 3 aromatic rings. The third-order valence-electron chi connectivity index (χ3n) is 4.87. The Bertz CT molecular complexity index is 1080. The molecule has 3 rings (SSSR count). The van der Waals surface area contributed by atoms with Gasteiger partial charge >= 0.3 is 0 Å². The minimum absolute atomic E-state index is 0.107. The second-order valence-corrected chi connectivity index (χ2v) is 6.50. The molecular formula is C20H23FN4O2. The minimum atomic E-state index is -0.363. The molecule has 6 nitrogen and oxygen atoms in total. The summed E-state index contributed by atoms with van der Waals surface area (Å²) in [6.45, 7) is 6.09. The second kappa shape index (κ2) is 7.34. The predicted molar refractivity (Wildman–Crippen MR) is 103 cm³/mol. The van der Waals surface area contributed by atoms with Crippen LogP contribution < -0.4 is 10.9 Å². The summed E-state index contributed by atoms with van der Waals surface area (Å²) in [7, 11) is 1.58. The molecule has 0 unspecified atom stereocenters. The van der Waals surface area contributed by atoms with Crippen molar-refractivity contribution in [3.8, 4) is 5.69 Å². The van der Waals surface area contributed by atoms with Crippen molar-refractivity contribution in [1.82, 2.24) is 19.7 Å². The number of amides is 1. The summed E-state index contributed by atoms with van der Waals surface area (Å²) in [6, 6.07) is 6.14. The van der Waals surface area contributed by atoms with E-state index in [1.807, 2.05) is 20.8 Å². The number of halogens is 1. The quantitative estimate of drug-likeness (QED) is 0.751. The third-order valence-corrected chi connectivity index (χ3v) is 4.87. The van der Waals surface area contributed by atoms with Gasteiger partial charge in [0, 0.05) is 31.0 Å². The number of hydrogen-bond acceptors (Lipinski definition) is 3. The lowest BCUT2D eigenvalue weighted by Gasteiger charge is -2.14. The van der Waals surface area contributed by atoms with E-state index in [2.05, 4.69) is 10.4 Å². The van der Waals surface area contributed by atoms with Crippen LogP contribution in [0.2, 0.25) is 0 Å². The van der Waals surface area contributed by atoms with Crippen LogP contribution in [0.4, 0.5) is 4.39 Å². The molecule has 2 heterocycles. The zero-order chi connectivity index (χ0) is 19.7. The van der Waals surface area contributed by atoms with Gasteiger partial charge in [0.1, 0.15) is 11.5 Å². The number of pyridine rings is 1. The largest absolute Gasteiger partial charge is 0.359 e. The van der Waals surface area contributed by atoms with E-state index in [-0.39, 0.29) is 23.7 Å². The Hall–Kier alpha value is -2.96. The van der Waals surface area contributed by atoms with Gasteiger partial charge in [-0.1, -0.05) is 6.07 Å². The number of nitrogens with zero attached hydrogens (tertiary/aromatic N) is 3. The van der Waals surface area contributed by atoms with E-state index in [9.17, 15) is 14.0 Å². The van der Waals surface area contributed by atoms with Gasteiger partial charge in [0.2, 0.25) is 5.91 Å². The Morgan fingerprint density at radius 1 is 1.30 bits per heavy atom. The molecule has 0 aliphatic carbocycles. The molecule has 2 aromatic heterocycles. The number of benzene rings is 1. The van der Waals surface area contributed by atoms with Crippen molar-refractivity contribution in [2.75, 3.05) is 7.05 Å². The van der Waals surface area contributed by atoms with E-state index >= 15 is 0 Å². The molecule has 1 N–H and O–H groups in total. The Kier molecular flexibility index (Phi) is 5.12. The van der Waals surface area contributed by atoms with Gasteiger partial charge in [-0.05, 0) is 51.0 Å². The highest BCUT2D eigenvalue weighted by atomic mass is 19.1. The fraction of sp³-hybridized carbons (Fsp3) is 0.350. The SMILES string of the molecule is CCn1c(=O)c(CCC(=O)NC)c(C)c2c(C)nn(-c3cccc(F)c3)c21. The maximum Gasteiger partial charge on any atom is 0.255 e. The number of hydrogen-bond donors (Lipinski definition) is 1. The van der Waals surface area contributed by atoms with E-state index in [1.165, 1.54) is 12.1 Å². The Morgan fingerprint density at radius 2 is 2.04 bits per heavy atom. The van der Waals surface area contributed by atoms with Gasteiger partial charge in [0.05, 0.1) is 11.4 Å². The first kappa shape index (κ1) is 18.8. The Labute approximate surface area is 156 Å². The van der Waals surface area contributed by atoms with Crippen LogP contribution in [-0.2, 0) is 17.8 Å². The van der Waals surface area contributed by atoms with Crippen molar-refractivity contribution in [3.05, 3.63) is 57.3 Å². The first-order valence-electron chi connectivity index (χ1n) is 8.97. The van der Waals surface area contributed by atoms with Crippen molar-refractivity contribution < 1.29 is 9.18 Å². The van der Waals surface area contributed by atoms with Crippen LogP contribution >= 0.6 is 0 Å². The first-order valence-corrected chi connectivity index (χ1v) is 8.97. The molecule has 1 amide bonds. The molecule has 0 aliphatic heterocycles. The number of fused-ring (bicyclic) bond motifs is 1. The van der Waals surface area contributed by atoms with Gasteiger partial charge in [-0.2, -0.15) is 5.10 Å². The van der Waals surface area contributed by atoms with Crippen LogP contribution in [0.3, 0.4) is 0 Å². The second-order valence-electron chi connectivity index (χ2n) is 6.50. The fourth-order valence-corrected chi connectivity index (χ4v) is 3.51. The monoisotopic (exact) mass is 370 g/mol. The van der Waals surface area contributed by atoms with Crippen LogP contribution in [0.5, 0.6) is 0 Å². The summed E-state index contributed by atoms with van der Waals surface area (Å²) in [4.78, 5) is 24.8. The van der Waals surface area contributed by atoms with Crippen molar-refractivity contribution in [2.24, 2.45) is 0 Å². The number of carbonyl (C=O) groups excluding carboxylic acids is 1. The Balaban J connectivity index is 2.29. The fourth-order valence-electron chi connectivity index (χ4n) is 3.51. The number of rotatable bonds is 5. The van der Waals surface area contributed by atoms with Gasteiger partial charge in [0.25, 0.3) is 5.56 Å². The third kappa shape index (κ3) is 3.25. The van der Waals surface area contributed by atoms with Crippen LogP contribution in [0.1, 0.15) is 30.2 Å². The van der Waals surface area contributed by atoms with Crippen LogP contribution in [0, 0.1) is 19.7 Å². The first-order chi connectivity index (χ1) is 12.9. The van der Waals surface area contributed by atoms with Gasteiger partial charge in [-0.15, -0.1) is 0 Å². The van der Waals surface area contributed by atoms with Gasteiger partial charge < -0.3 is 5.32 Å². The van der Waals surface area contributed by atoms with Crippen molar-refractivity contribution in [3.63, 3.8) is 0 Å². The summed E-state index contributed by atoms with van der Waals surface area (Å²) in [6.07, 6.45) is 0.615. The average molecular weight is 370 g/mol. The number of nitrogens with one attached hydrogen (secondary N) is 1. The molecule has 0 saturated heterocycles. The van der Waals surface area contributed by atoms with E-state index in [0.29, 0.717) is 29.9 Å². The summed E-state index contributed by atoms with van der Waals surface area (Å²) >= 11 is 0. The highest BCUT2D eigenvalue weighted by molar-refractivity contribution is 5.85. The normalized spacial score (nSPS) is 11.1. The molecule has 142 valence electrons. The molecule has 0 aliphatic rings. The summed E-state index contributed by atoms with van der Waals surface area (Å²) in [5.74, 6) is -0.470. The molecule has 1 aromatic carbocycles. The van der Waals surface area contributed by atoms with Crippen LogP contribution in [0.25, 0.3) is 16.7 Å². The number of aryl methyl sites for hydroxylation is 3. The molecule has 0 fully saturated rings. The standard InChI is InChI=1S/C20H23FN4O2/c1-5-24-19-18(12(2)16(20(24)27)9-10-17(26)22-4)13(3)23-25(19)15-8-6-7-14(21)11-15/h6-8,11H,5,9-10H2,1-4H3,(H,22,26). The zero-order valence-corrected chi connectivity index (χ0v) is 16.0. The lowest BCUT2D eigenvalue weighted by atomic mass is 10.0. The number of carbonyl (C=O) groups is 1. The zero-order valence-electron chi connectivity index (χ0n) is 16.0. The maximum absolute atomic E-state index is 13.7. The smallest absolute Gasteiger partial charge is 0.255 e. The summed E-state index contributed by atoms with van der Waals surface area (Å²) in [5, 5.41) is 8.03. The van der Waals surface area contributed by atoms with Gasteiger partial charge in [-0.25, -0.2) is 9.07 Å². The Morgan fingerprint density at radius 3 is 2.67 bits per heavy atom. The average Bonchev–Trinajstić information content (AvgIpc) is 2.99. The molecule has 0 radical (unpaired) electrons. The topological polar surface area (TPSA) is 68.9 Å². The van der Waals surface area contributed by atoms with E-state index < -0.39 is 0 Å². The van der Waals surface area contributed by atoms with E-state index in [0.717, 1.165) is 16.6 Å². The molecule has 0 bridgehead atoms.